The van der Waals surface area contributed by atoms with Gasteiger partial charge in [0.15, 0.2) is 0 Å². The lowest BCUT2D eigenvalue weighted by molar-refractivity contribution is 0.426. The topological polar surface area (TPSA) is 40.5 Å². The van der Waals surface area contributed by atoms with Gasteiger partial charge in [-0.3, -0.25) is 0 Å². The number of benzene rings is 4. The van der Waals surface area contributed by atoms with Gasteiger partial charge in [-0.1, -0.05) is 97.1 Å². The van der Waals surface area contributed by atoms with Gasteiger partial charge in [0, 0.05) is 0 Å². The highest BCUT2D eigenvalue weighted by molar-refractivity contribution is 6.58. The van der Waals surface area contributed by atoms with Gasteiger partial charge in [-0.15, -0.1) is 0 Å². The van der Waals surface area contributed by atoms with Crippen LogP contribution in [-0.4, -0.2) is 17.2 Å². The van der Waals surface area contributed by atoms with Gasteiger partial charge in [-0.05, 0) is 44.9 Å². The van der Waals surface area contributed by atoms with Crippen LogP contribution in [0.4, 0.5) is 0 Å². The van der Waals surface area contributed by atoms with E-state index in [0.29, 0.717) is 5.46 Å². The molecule has 0 saturated heterocycles. The van der Waals surface area contributed by atoms with Gasteiger partial charge >= 0.3 is 7.12 Å². The highest BCUT2D eigenvalue weighted by Crippen LogP contribution is 2.28. The number of rotatable bonds is 4. The maximum absolute atomic E-state index is 9.71. The van der Waals surface area contributed by atoms with Crippen LogP contribution in [-0.2, 0) is 0 Å². The van der Waals surface area contributed by atoms with Crippen LogP contribution in [0.1, 0.15) is 0 Å². The summed E-state index contributed by atoms with van der Waals surface area (Å²) in [5.74, 6) is 0. The van der Waals surface area contributed by atoms with Crippen LogP contribution in [0.15, 0.2) is 103 Å². The van der Waals surface area contributed by atoms with Crippen molar-refractivity contribution in [3.63, 3.8) is 0 Å². The lowest BCUT2D eigenvalue weighted by atomic mass is 9.77. The van der Waals surface area contributed by atoms with E-state index >= 15 is 0 Å². The fraction of sp³-hybridized carbons (Fsp3) is 0. The van der Waals surface area contributed by atoms with Gasteiger partial charge in [-0.25, -0.2) is 0 Å². The Labute approximate surface area is 159 Å². The molecule has 0 aliphatic heterocycles. The third-order valence-corrected chi connectivity index (χ3v) is 4.69. The van der Waals surface area contributed by atoms with Crippen molar-refractivity contribution >= 4 is 12.6 Å². The van der Waals surface area contributed by atoms with Crippen molar-refractivity contribution in [3.05, 3.63) is 103 Å². The second-order valence-electron chi connectivity index (χ2n) is 6.53. The van der Waals surface area contributed by atoms with Crippen LogP contribution in [0, 0.1) is 0 Å². The molecular weight excluding hydrogens is 331 g/mol. The molecule has 0 amide bonds. The molecule has 27 heavy (non-hydrogen) atoms. The zero-order valence-corrected chi connectivity index (χ0v) is 14.8. The molecule has 0 unspecified atom stereocenters. The van der Waals surface area contributed by atoms with Gasteiger partial charge in [0.2, 0.25) is 0 Å². The third kappa shape index (κ3) is 3.85. The summed E-state index contributed by atoms with van der Waals surface area (Å²) in [5, 5.41) is 19.4. The van der Waals surface area contributed by atoms with Crippen molar-refractivity contribution in [3.8, 4) is 33.4 Å². The van der Waals surface area contributed by atoms with Crippen LogP contribution < -0.4 is 5.46 Å². The minimum absolute atomic E-state index is 0.485. The Hall–Kier alpha value is -3.14. The quantitative estimate of drug-likeness (QED) is 0.537. The Morgan fingerprint density at radius 1 is 0.407 bits per heavy atom. The van der Waals surface area contributed by atoms with E-state index in [1.165, 1.54) is 5.56 Å². The molecule has 0 aliphatic carbocycles. The minimum atomic E-state index is -1.50. The van der Waals surface area contributed by atoms with E-state index in [2.05, 4.69) is 42.5 Å². The molecule has 3 heteroatoms. The first kappa shape index (κ1) is 17.3. The second-order valence-corrected chi connectivity index (χ2v) is 6.53. The van der Waals surface area contributed by atoms with E-state index in [1.54, 1.807) is 0 Å². The largest absolute Gasteiger partial charge is 0.488 e. The molecule has 4 aromatic rings. The van der Waals surface area contributed by atoms with Gasteiger partial charge < -0.3 is 10.0 Å². The first-order chi connectivity index (χ1) is 13.2. The summed E-state index contributed by atoms with van der Waals surface area (Å²) in [5.41, 5.74) is 6.81. The van der Waals surface area contributed by atoms with Crippen LogP contribution in [0.3, 0.4) is 0 Å². The Morgan fingerprint density at radius 2 is 0.778 bits per heavy atom. The lowest BCUT2D eigenvalue weighted by Crippen LogP contribution is -2.29. The van der Waals surface area contributed by atoms with Crippen molar-refractivity contribution in [2.24, 2.45) is 0 Å². The molecule has 130 valence electrons. The molecule has 0 spiro atoms. The van der Waals surface area contributed by atoms with Crippen LogP contribution in [0.25, 0.3) is 33.4 Å². The van der Waals surface area contributed by atoms with E-state index in [9.17, 15) is 10.0 Å². The SMILES string of the molecule is OB(O)c1cc(-c2ccccc2)cc(-c2ccc(-c3ccccc3)cc2)c1. The van der Waals surface area contributed by atoms with E-state index in [0.717, 1.165) is 27.8 Å². The summed E-state index contributed by atoms with van der Waals surface area (Å²) in [4.78, 5) is 0. The zero-order valence-electron chi connectivity index (χ0n) is 14.8. The monoisotopic (exact) mass is 350 g/mol. The van der Waals surface area contributed by atoms with Crippen LogP contribution in [0.5, 0.6) is 0 Å². The van der Waals surface area contributed by atoms with Crippen molar-refractivity contribution in [2.45, 2.75) is 0 Å². The molecule has 2 nitrogen and oxygen atoms in total. The van der Waals surface area contributed by atoms with Gasteiger partial charge in [0.25, 0.3) is 0 Å². The molecule has 0 atom stereocenters. The van der Waals surface area contributed by atoms with Crippen molar-refractivity contribution < 1.29 is 10.0 Å². The standard InChI is InChI=1S/C24H19BO2/c26-25(27)24-16-22(19-9-5-2-6-10-19)15-23(17-24)21-13-11-20(12-14-21)18-7-3-1-4-8-18/h1-17,26-27H. The molecule has 0 aromatic heterocycles. The molecule has 2 N–H and O–H groups in total. The molecule has 0 fully saturated rings. The summed E-state index contributed by atoms with van der Waals surface area (Å²) in [6, 6.07) is 34.3. The number of hydrogen-bond donors (Lipinski definition) is 2. The average molecular weight is 350 g/mol. The summed E-state index contributed by atoms with van der Waals surface area (Å²) in [6.07, 6.45) is 0. The molecule has 4 rings (SSSR count). The Kier molecular flexibility index (Phi) is 4.88. The molecule has 0 saturated carbocycles. The van der Waals surface area contributed by atoms with E-state index < -0.39 is 7.12 Å². The van der Waals surface area contributed by atoms with E-state index in [1.807, 2.05) is 60.7 Å². The lowest BCUT2D eigenvalue weighted by Gasteiger charge is -2.11. The zero-order chi connectivity index (χ0) is 18.6. The first-order valence-electron chi connectivity index (χ1n) is 8.93. The summed E-state index contributed by atoms with van der Waals surface area (Å²) < 4.78 is 0. The molecule has 0 bridgehead atoms. The van der Waals surface area contributed by atoms with Crippen molar-refractivity contribution in [1.29, 1.82) is 0 Å². The Balaban J connectivity index is 1.76. The minimum Gasteiger partial charge on any atom is -0.423 e. The highest BCUT2D eigenvalue weighted by Gasteiger charge is 2.14. The molecule has 4 aromatic carbocycles. The van der Waals surface area contributed by atoms with Gasteiger partial charge in [0.1, 0.15) is 0 Å². The van der Waals surface area contributed by atoms with Crippen molar-refractivity contribution in [1.82, 2.24) is 0 Å². The summed E-state index contributed by atoms with van der Waals surface area (Å²) in [7, 11) is -1.50. The maximum atomic E-state index is 9.71. The average Bonchev–Trinajstić information content (AvgIpc) is 2.75. The first-order valence-corrected chi connectivity index (χ1v) is 8.93. The maximum Gasteiger partial charge on any atom is 0.488 e. The molecule has 0 radical (unpaired) electrons. The normalized spacial score (nSPS) is 10.6. The molecule has 0 aliphatic rings. The third-order valence-electron chi connectivity index (χ3n) is 4.69. The van der Waals surface area contributed by atoms with E-state index in [-0.39, 0.29) is 0 Å². The predicted octanol–water partition coefficient (Wildman–Crippen LogP) is 4.37. The molecule has 0 heterocycles. The Bertz CT molecular complexity index is 1030. The fourth-order valence-electron chi connectivity index (χ4n) is 3.25. The van der Waals surface area contributed by atoms with Gasteiger partial charge in [-0.2, -0.15) is 0 Å². The fourth-order valence-corrected chi connectivity index (χ4v) is 3.25. The number of hydrogen-bond acceptors (Lipinski definition) is 2. The van der Waals surface area contributed by atoms with Gasteiger partial charge in [0.05, 0.1) is 0 Å². The van der Waals surface area contributed by atoms with E-state index in [4.69, 9.17) is 0 Å². The molecular formula is C24H19BO2. The highest BCUT2D eigenvalue weighted by atomic mass is 16.4. The van der Waals surface area contributed by atoms with Crippen molar-refractivity contribution in [2.75, 3.05) is 0 Å². The summed E-state index contributed by atoms with van der Waals surface area (Å²) in [6.45, 7) is 0. The summed E-state index contributed by atoms with van der Waals surface area (Å²) >= 11 is 0. The smallest absolute Gasteiger partial charge is 0.423 e. The second kappa shape index (κ2) is 7.62. The van der Waals surface area contributed by atoms with Crippen LogP contribution >= 0.6 is 0 Å². The predicted molar refractivity (Wildman–Crippen MR) is 113 cm³/mol. The Morgan fingerprint density at radius 3 is 1.22 bits per heavy atom. The van der Waals surface area contributed by atoms with Crippen LogP contribution in [0.2, 0.25) is 0 Å².